The Hall–Kier alpha value is -1.78. The lowest BCUT2D eigenvalue weighted by Crippen LogP contribution is -2.50. The first kappa shape index (κ1) is 16.1. The zero-order valence-corrected chi connectivity index (χ0v) is 12.7. The largest absolute Gasteiger partial charge is 0.472 e. The van der Waals surface area contributed by atoms with Gasteiger partial charge in [0.15, 0.2) is 17.4 Å². The molecule has 1 aliphatic rings. The first-order chi connectivity index (χ1) is 11.0. The number of hydrogen-bond donors (Lipinski definition) is 3. The van der Waals surface area contributed by atoms with Gasteiger partial charge in [0, 0.05) is 0 Å². The molecule has 3 rings (SSSR count). The Kier molecular flexibility index (Phi) is 4.46. The Bertz CT molecular complexity index is 724. The molecule has 3 heterocycles. The fourth-order valence-corrected chi connectivity index (χ4v) is 2.48. The van der Waals surface area contributed by atoms with Gasteiger partial charge in [-0.25, -0.2) is 4.98 Å². The van der Waals surface area contributed by atoms with Crippen LogP contribution < -0.4 is 4.74 Å². The van der Waals surface area contributed by atoms with Gasteiger partial charge in [0.25, 0.3) is 0 Å². The summed E-state index contributed by atoms with van der Waals surface area (Å²) in [6.45, 7) is 3.62. The highest BCUT2D eigenvalue weighted by atomic mass is 35.5. The van der Waals surface area contributed by atoms with E-state index in [1.807, 2.05) is 0 Å². The molecule has 23 heavy (non-hydrogen) atoms. The Balaban J connectivity index is 2.02. The predicted octanol–water partition coefficient (Wildman–Crippen LogP) is -0.344. The van der Waals surface area contributed by atoms with Crippen LogP contribution in [0.25, 0.3) is 11.2 Å². The number of imidazole rings is 1. The van der Waals surface area contributed by atoms with Crippen molar-refractivity contribution in [1.82, 2.24) is 19.5 Å². The molecular weight excluding hydrogens is 328 g/mol. The standard InChI is InChI=1S/C13H15ClN4O5/c1-2-3-22-11-7-10(16-13(14)17-11)18(5-15-7)12-9(21)8(20)6(19)4-23-12/h2,5-6,8-9,12,19-21H,1,3-4H2/t6-,8-,9-,12-/m1/s1. The summed E-state index contributed by atoms with van der Waals surface area (Å²) in [4.78, 5) is 12.2. The van der Waals surface area contributed by atoms with Crippen LogP contribution in [-0.2, 0) is 4.74 Å². The fraction of sp³-hybridized carbons (Fsp3) is 0.462. The number of rotatable bonds is 4. The summed E-state index contributed by atoms with van der Waals surface area (Å²) in [7, 11) is 0. The Morgan fingerprint density at radius 2 is 2.17 bits per heavy atom. The van der Waals surface area contributed by atoms with Crippen LogP contribution in [0.15, 0.2) is 19.0 Å². The predicted molar refractivity (Wildman–Crippen MR) is 79.0 cm³/mol. The van der Waals surface area contributed by atoms with Gasteiger partial charge in [-0.3, -0.25) is 4.57 Å². The first-order valence-electron chi connectivity index (χ1n) is 6.82. The van der Waals surface area contributed by atoms with Crippen LogP contribution in [0.5, 0.6) is 5.88 Å². The van der Waals surface area contributed by atoms with E-state index < -0.39 is 24.5 Å². The lowest BCUT2D eigenvalue weighted by molar-refractivity contribution is -0.210. The molecule has 0 unspecified atom stereocenters. The third kappa shape index (κ3) is 2.89. The number of aromatic nitrogens is 4. The van der Waals surface area contributed by atoms with Crippen molar-refractivity contribution in [2.45, 2.75) is 24.5 Å². The van der Waals surface area contributed by atoms with Crippen molar-refractivity contribution >= 4 is 22.8 Å². The van der Waals surface area contributed by atoms with Crippen molar-refractivity contribution in [2.75, 3.05) is 13.2 Å². The van der Waals surface area contributed by atoms with Gasteiger partial charge in [-0.1, -0.05) is 12.7 Å². The zero-order valence-electron chi connectivity index (χ0n) is 11.9. The molecule has 0 radical (unpaired) electrons. The molecule has 1 aliphatic heterocycles. The molecule has 1 fully saturated rings. The van der Waals surface area contributed by atoms with Crippen LogP contribution >= 0.6 is 11.6 Å². The number of aliphatic hydroxyl groups is 3. The van der Waals surface area contributed by atoms with Crippen LogP contribution in [0, 0.1) is 0 Å². The van der Waals surface area contributed by atoms with Crippen molar-refractivity contribution in [3.8, 4) is 5.88 Å². The van der Waals surface area contributed by atoms with Crippen LogP contribution in [0.2, 0.25) is 5.28 Å². The van der Waals surface area contributed by atoms with Crippen molar-refractivity contribution in [2.24, 2.45) is 0 Å². The van der Waals surface area contributed by atoms with E-state index in [2.05, 4.69) is 21.5 Å². The minimum Gasteiger partial charge on any atom is -0.472 e. The molecule has 0 aliphatic carbocycles. The van der Waals surface area contributed by atoms with Gasteiger partial charge in [-0.2, -0.15) is 9.97 Å². The third-order valence-corrected chi connectivity index (χ3v) is 3.62. The molecule has 0 bridgehead atoms. The molecule has 124 valence electrons. The molecule has 0 aromatic carbocycles. The van der Waals surface area contributed by atoms with E-state index in [9.17, 15) is 15.3 Å². The highest BCUT2D eigenvalue weighted by Crippen LogP contribution is 2.30. The monoisotopic (exact) mass is 342 g/mol. The highest BCUT2D eigenvalue weighted by molar-refractivity contribution is 6.28. The minimum atomic E-state index is -1.36. The van der Waals surface area contributed by atoms with Gasteiger partial charge in [-0.15, -0.1) is 0 Å². The molecule has 1 saturated heterocycles. The second-order valence-corrected chi connectivity index (χ2v) is 5.33. The molecular formula is C13H15ClN4O5. The van der Waals surface area contributed by atoms with Crippen LogP contribution in [0.4, 0.5) is 0 Å². The summed E-state index contributed by atoms with van der Waals surface area (Å²) in [5, 5.41) is 29.4. The molecule has 4 atom stereocenters. The number of halogens is 1. The molecule has 10 heteroatoms. The van der Waals surface area contributed by atoms with Crippen LogP contribution in [-0.4, -0.2) is 66.4 Å². The minimum absolute atomic E-state index is 0.0656. The molecule has 2 aromatic rings. The first-order valence-corrected chi connectivity index (χ1v) is 7.20. The highest BCUT2D eigenvalue weighted by Gasteiger charge is 2.39. The lowest BCUT2D eigenvalue weighted by Gasteiger charge is -2.35. The topological polar surface area (TPSA) is 123 Å². The molecule has 2 aromatic heterocycles. The summed E-state index contributed by atoms with van der Waals surface area (Å²) in [6.07, 6.45) is -1.93. The average molecular weight is 343 g/mol. The van der Waals surface area contributed by atoms with Gasteiger partial charge >= 0.3 is 0 Å². The maximum absolute atomic E-state index is 10.1. The second kappa shape index (κ2) is 6.38. The van der Waals surface area contributed by atoms with Crippen molar-refractivity contribution in [3.05, 3.63) is 24.3 Å². The van der Waals surface area contributed by atoms with Crippen molar-refractivity contribution < 1.29 is 24.8 Å². The normalized spacial score (nSPS) is 28.0. The van der Waals surface area contributed by atoms with E-state index in [0.29, 0.717) is 5.52 Å². The summed E-state index contributed by atoms with van der Waals surface area (Å²) in [5.74, 6) is 0.171. The summed E-state index contributed by atoms with van der Waals surface area (Å²) in [5.41, 5.74) is 0.601. The van der Waals surface area contributed by atoms with Gasteiger partial charge in [0.2, 0.25) is 11.2 Å². The molecule has 0 saturated carbocycles. The molecule has 0 amide bonds. The van der Waals surface area contributed by atoms with E-state index in [4.69, 9.17) is 21.1 Å². The number of nitrogens with zero attached hydrogens (tertiary/aromatic N) is 4. The van der Waals surface area contributed by atoms with Gasteiger partial charge < -0.3 is 24.8 Å². The maximum atomic E-state index is 10.1. The quantitative estimate of drug-likeness (QED) is 0.509. The SMILES string of the molecule is C=CCOc1nc(Cl)nc2c1ncn2[C@@H]1OC[C@@H](O)[C@@H](O)[C@H]1O. The van der Waals surface area contributed by atoms with Gasteiger partial charge in [-0.05, 0) is 11.6 Å². The Labute approximate surface area is 135 Å². The van der Waals surface area contributed by atoms with E-state index in [0.717, 1.165) is 0 Å². The third-order valence-electron chi connectivity index (χ3n) is 3.45. The lowest BCUT2D eigenvalue weighted by atomic mass is 10.0. The van der Waals surface area contributed by atoms with Crippen LogP contribution in [0.3, 0.4) is 0 Å². The second-order valence-electron chi connectivity index (χ2n) is 4.99. The van der Waals surface area contributed by atoms with Crippen LogP contribution in [0.1, 0.15) is 6.23 Å². The van der Waals surface area contributed by atoms with Gasteiger partial charge in [0.05, 0.1) is 12.9 Å². The van der Waals surface area contributed by atoms with Crippen molar-refractivity contribution in [1.29, 1.82) is 0 Å². The van der Waals surface area contributed by atoms with E-state index in [1.54, 1.807) is 6.08 Å². The van der Waals surface area contributed by atoms with Gasteiger partial charge in [0.1, 0.15) is 24.9 Å². The van der Waals surface area contributed by atoms with E-state index in [1.165, 1.54) is 10.9 Å². The average Bonchev–Trinajstić information content (AvgIpc) is 2.94. The summed E-state index contributed by atoms with van der Waals surface area (Å²) >= 11 is 5.90. The Morgan fingerprint density at radius 1 is 1.39 bits per heavy atom. The molecule has 9 nitrogen and oxygen atoms in total. The smallest absolute Gasteiger partial charge is 0.247 e. The number of ether oxygens (including phenoxy) is 2. The van der Waals surface area contributed by atoms with Crippen molar-refractivity contribution in [3.63, 3.8) is 0 Å². The number of fused-ring (bicyclic) bond motifs is 1. The molecule has 3 N–H and O–H groups in total. The summed E-state index contributed by atoms with van der Waals surface area (Å²) in [6, 6.07) is 0. The zero-order chi connectivity index (χ0) is 16.6. The van der Waals surface area contributed by atoms with E-state index in [-0.39, 0.29) is 30.0 Å². The molecule has 0 spiro atoms. The fourth-order valence-electron chi connectivity index (χ4n) is 2.33. The number of aliphatic hydroxyl groups excluding tert-OH is 3. The Morgan fingerprint density at radius 3 is 2.91 bits per heavy atom. The summed E-state index contributed by atoms with van der Waals surface area (Å²) < 4.78 is 12.2. The number of hydrogen-bond acceptors (Lipinski definition) is 8. The maximum Gasteiger partial charge on any atom is 0.247 e. The van der Waals surface area contributed by atoms with E-state index >= 15 is 0 Å².